The first-order valence-electron chi connectivity index (χ1n) is 7.18. The highest BCUT2D eigenvalue weighted by Gasteiger charge is 2.11. The van der Waals surface area contributed by atoms with Crippen LogP contribution in [0.5, 0.6) is 0 Å². The zero-order valence-electron chi connectivity index (χ0n) is 13.1. The molecule has 0 bridgehead atoms. The number of anilines is 2. The first kappa shape index (κ1) is 15.8. The molecule has 0 aliphatic rings. The summed E-state index contributed by atoms with van der Waals surface area (Å²) in [5.41, 5.74) is 4.66. The molecule has 0 aliphatic heterocycles. The zero-order chi connectivity index (χ0) is 16.1. The Hall–Kier alpha value is -2.62. The van der Waals surface area contributed by atoms with Crippen molar-refractivity contribution in [1.29, 1.82) is 0 Å². The highest BCUT2D eigenvalue weighted by atomic mass is 16.2. The van der Waals surface area contributed by atoms with Crippen LogP contribution in [0, 0.1) is 20.8 Å². The van der Waals surface area contributed by atoms with E-state index in [1.807, 2.05) is 63.2 Å². The van der Waals surface area contributed by atoms with Crippen molar-refractivity contribution in [2.45, 2.75) is 27.2 Å². The first-order chi connectivity index (χ1) is 10.5. The molecule has 0 aromatic heterocycles. The molecule has 0 saturated carbocycles. The molecule has 0 aliphatic carbocycles. The van der Waals surface area contributed by atoms with Crippen LogP contribution in [0.4, 0.5) is 11.4 Å². The molecule has 4 heteroatoms. The lowest BCUT2D eigenvalue weighted by atomic mass is 10.1. The van der Waals surface area contributed by atoms with E-state index in [0.717, 1.165) is 22.4 Å². The SMILES string of the molecule is Cc1ccc(NC(=O)CC(=O)Nc2cccc(C)c2C)cc1. The molecule has 4 nitrogen and oxygen atoms in total. The summed E-state index contributed by atoms with van der Waals surface area (Å²) < 4.78 is 0. The molecule has 0 spiro atoms. The molecule has 0 fully saturated rings. The lowest BCUT2D eigenvalue weighted by Gasteiger charge is -2.10. The minimum absolute atomic E-state index is 0.207. The second-order valence-electron chi connectivity index (χ2n) is 5.39. The average Bonchev–Trinajstić information content (AvgIpc) is 2.46. The largest absolute Gasteiger partial charge is 0.326 e. The number of nitrogens with one attached hydrogen (secondary N) is 2. The number of rotatable bonds is 4. The van der Waals surface area contributed by atoms with Crippen LogP contribution in [0.25, 0.3) is 0 Å². The quantitative estimate of drug-likeness (QED) is 0.847. The lowest BCUT2D eigenvalue weighted by Crippen LogP contribution is -2.21. The Morgan fingerprint density at radius 3 is 2.18 bits per heavy atom. The number of hydrogen-bond acceptors (Lipinski definition) is 2. The van der Waals surface area contributed by atoms with E-state index in [1.54, 1.807) is 0 Å². The van der Waals surface area contributed by atoms with Crippen molar-refractivity contribution >= 4 is 23.2 Å². The fourth-order valence-electron chi connectivity index (χ4n) is 2.07. The maximum atomic E-state index is 12.0. The van der Waals surface area contributed by atoms with Crippen LogP contribution < -0.4 is 10.6 Å². The molecule has 0 saturated heterocycles. The summed E-state index contributed by atoms with van der Waals surface area (Å²) in [6.45, 7) is 5.90. The Balaban J connectivity index is 1.92. The molecule has 0 heterocycles. The summed E-state index contributed by atoms with van der Waals surface area (Å²) in [5.74, 6) is -0.648. The Bertz CT molecular complexity index is 691. The van der Waals surface area contributed by atoms with Crippen LogP contribution in [0.2, 0.25) is 0 Å². The number of hydrogen-bond donors (Lipinski definition) is 2. The average molecular weight is 296 g/mol. The van der Waals surface area contributed by atoms with Gasteiger partial charge in [0, 0.05) is 11.4 Å². The zero-order valence-corrected chi connectivity index (χ0v) is 13.1. The van der Waals surface area contributed by atoms with E-state index in [2.05, 4.69) is 10.6 Å². The van der Waals surface area contributed by atoms with Crippen LogP contribution in [0.1, 0.15) is 23.1 Å². The molecular formula is C18H20N2O2. The highest BCUT2D eigenvalue weighted by molar-refractivity contribution is 6.08. The van der Waals surface area contributed by atoms with Crippen molar-refractivity contribution in [3.05, 3.63) is 59.2 Å². The van der Waals surface area contributed by atoms with Crippen molar-refractivity contribution in [2.75, 3.05) is 10.6 Å². The van der Waals surface area contributed by atoms with Crippen molar-refractivity contribution in [3.8, 4) is 0 Å². The van der Waals surface area contributed by atoms with Gasteiger partial charge in [0.15, 0.2) is 0 Å². The predicted octanol–water partition coefficient (Wildman–Crippen LogP) is 3.58. The van der Waals surface area contributed by atoms with Gasteiger partial charge in [-0.3, -0.25) is 9.59 Å². The number of carbonyl (C=O) groups excluding carboxylic acids is 2. The molecular weight excluding hydrogens is 276 g/mol. The van der Waals surface area contributed by atoms with E-state index in [0.29, 0.717) is 5.69 Å². The van der Waals surface area contributed by atoms with E-state index < -0.39 is 0 Å². The highest BCUT2D eigenvalue weighted by Crippen LogP contribution is 2.18. The molecule has 22 heavy (non-hydrogen) atoms. The second kappa shape index (κ2) is 6.89. The van der Waals surface area contributed by atoms with Gasteiger partial charge in [-0.1, -0.05) is 29.8 Å². The monoisotopic (exact) mass is 296 g/mol. The molecule has 2 aromatic rings. The molecule has 2 rings (SSSR count). The van der Waals surface area contributed by atoms with Gasteiger partial charge < -0.3 is 10.6 Å². The normalized spacial score (nSPS) is 10.1. The Kier molecular flexibility index (Phi) is 4.94. The van der Waals surface area contributed by atoms with E-state index >= 15 is 0 Å². The van der Waals surface area contributed by atoms with Gasteiger partial charge in [0.25, 0.3) is 0 Å². The van der Waals surface area contributed by atoms with Gasteiger partial charge in [-0.05, 0) is 50.1 Å². The third-order valence-corrected chi connectivity index (χ3v) is 3.54. The Morgan fingerprint density at radius 1 is 0.864 bits per heavy atom. The van der Waals surface area contributed by atoms with Crippen LogP contribution in [-0.4, -0.2) is 11.8 Å². The molecule has 2 N–H and O–H groups in total. The molecule has 2 amide bonds. The smallest absolute Gasteiger partial charge is 0.233 e. The second-order valence-corrected chi connectivity index (χ2v) is 5.39. The molecule has 0 unspecified atom stereocenters. The van der Waals surface area contributed by atoms with Crippen molar-refractivity contribution in [2.24, 2.45) is 0 Å². The lowest BCUT2D eigenvalue weighted by molar-refractivity contribution is -0.123. The van der Waals surface area contributed by atoms with Crippen LogP contribution in [0.3, 0.4) is 0 Å². The van der Waals surface area contributed by atoms with Gasteiger partial charge in [0.2, 0.25) is 11.8 Å². The minimum atomic E-state index is -0.327. The summed E-state index contributed by atoms with van der Waals surface area (Å²) >= 11 is 0. The van der Waals surface area contributed by atoms with Crippen LogP contribution in [0.15, 0.2) is 42.5 Å². The van der Waals surface area contributed by atoms with Crippen LogP contribution >= 0.6 is 0 Å². The van der Waals surface area contributed by atoms with E-state index in [1.165, 1.54) is 0 Å². The molecule has 0 radical (unpaired) electrons. The van der Waals surface area contributed by atoms with E-state index in [9.17, 15) is 9.59 Å². The van der Waals surface area contributed by atoms with Gasteiger partial charge >= 0.3 is 0 Å². The van der Waals surface area contributed by atoms with Gasteiger partial charge in [-0.2, -0.15) is 0 Å². The van der Waals surface area contributed by atoms with Crippen LogP contribution in [-0.2, 0) is 9.59 Å². The number of amides is 2. The maximum Gasteiger partial charge on any atom is 0.233 e. The predicted molar refractivity (Wildman–Crippen MR) is 89.0 cm³/mol. The maximum absolute atomic E-state index is 12.0. The Morgan fingerprint density at radius 2 is 1.50 bits per heavy atom. The van der Waals surface area contributed by atoms with E-state index in [-0.39, 0.29) is 18.2 Å². The number of carbonyl (C=O) groups is 2. The first-order valence-corrected chi connectivity index (χ1v) is 7.18. The minimum Gasteiger partial charge on any atom is -0.326 e. The number of benzene rings is 2. The fourth-order valence-corrected chi connectivity index (χ4v) is 2.07. The fraction of sp³-hybridized carbons (Fsp3) is 0.222. The van der Waals surface area contributed by atoms with Gasteiger partial charge in [-0.25, -0.2) is 0 Å². The van der Waals surface area contributed by atoms with E-state index in [4.69, 9.17) is 0 Å². The van der Waals surface area contributed by atoms with Gasteiger partial charge in [0.05, 0.1) is 0 Å². The third-order valence-electron chi connectivity index (χ3n) is 3.54. The molecule has 2 aromatic carbocycles. The standard InChI is InChI=1S/C18H20N2O2/c1-12-7-9-15(10-8-12)19-17(21)11-18(22)20-16-6-4-5-13(2)14(16)3/h4-10H,11H2,1-3H3,(H,19,21)(H,20,22). The summed E-state index contributed by atoms with van der Waals surface area (Å²) in [6, 6.07) is 13.1. The van der Waals surface area contributed by atoms with Crippen molar-refractivity contribution in [1.82, 2.24) is 0 Å². The topological polar surface area (TPSA) is 58.2 Å². The summed E-state index contributed by atoms with van der Waals surface area (Å²) in [5, 5.41) is 5.49. The van der Waals surface area contributed by atoms with Crippen molar-refractivity contribution in [3.63, 3.8) is 0 Å². The molecule has 0 atom stereocenters. The van der Waals surface area contributed by atoms with Gasteiger partial charge in [0.1, 0.15) is 6.42 Å². The summed E-state index contributed by atoms with van der Waals surface area (Å²) in [6.07, 6.45) is -0.207. The number of aryl methyl sites for hydroxylation is 2. The summed E-state index contributed by atoms with van der Waals surface area (Å²) in [4.78, 5) is 23.8. The Labute approximate surface area is 130 Å². The van der Waals surface area contributed by atoms with Gasteiger partial charge in [-0.15, -0.1) is 0 Å². The third kappa shape index (κ3) is 4.19. The molecule has 114 valence electrons. The van der Waals surface area contributed by atoms with Crippen molar-refractivity contribution < 1.29 is 9.59 Å². The summed E-state index contributed by atoms with van der Waals surface area (Å²) in [7, 11) is 0.